The molecule has 0 N–H and O–H groups in total. The van der Waals surface area contributed by atoms with Crippen LogP contribution >= 0.6 is 22.7 Å². The van der Waals surface area contributed by atoms with E-state index in [1.807, 2.05) is 95.5 Å². The molecule has 0 atom stereocenters. The van der Waals surface area contributed by atoms with Gasteiger partial charge < -0.3 is 0 Å². The highest BCUT2D eigenvalue weighted by Gasteiger charge is 2.48. The minimum absolute atomic E-state index is 0.472. The van der Waals surface area contributed by atoms with E-state index in [4.69, 9.17) is 29.9 Å². The maximum atomic E-state index is 5.20. The first-order valence-electron chi connectivity index (χ1n) is 37.2. The van der Waals surface area contributed by atoms with Gasteiger partial charge in [-0.3, -0.25) is 0 Å². The van der Waals surface area contributed by atoms with Gasteiger partial charge in [0.25, 0.3) is 0 Å². The molecule has 4 aromatic heterocycles. The topological polar surface area (TPSA) is 77.3 Å². The quantitative estimate of drug-likeness (QED) is 0.128. The van der Waals surface area contributed by atoms with E-state index in [1.54, 1.807) is 0 Å². The fraction of sp³-hybridized carbons (Fsp3) is 0.0196. The number of benzene rings is 16. The van der Waals surface area contributed by atoms with Crippen LogP contribution in [0.15, 0.2) is 388 Å². The maximum absolute atomic E-state index is 5.20. The summed E-state index contributed by atoms with van der Waals surface area (Å²) in [6.07, 6.45) is 0. The van der Waals surface area contributed by atoms with Crippen molar-refractivity contribution in [3.05, 3.63) is 433 Å². The summed E-state index contributed by atoms with van der Waals surface area (Å²) in [4.78, 5) is 30.6. The third-order valence-electron chi connectivity index (χ3n) is 22.2. The Hall–Kier alpha value is -13.8. The molecule has 0 unspecified atom stereocenters. The van der Waals surface area contributed by atoms with Crippen LogP contribution in [0.3, 0.4) is 0 Å². The highest BCUT2D eigenvalue weighted by atomic mass is 32.1. The molecule has 0 radical (unpaired) electrons. The highest BCUT2D eigenvalue weighted by Crippen LogP contribution is 2.59. The second-order valence-electron chi connectivity index (χ2n) is 28.2. The van der Waals surface area contributed by atoms with E-state index in [-0.39, 0.29) is 0 Å². The summed E-state index contributed by atoms with van der Waals surface area (Å²) < 4.78 is 4.97. The van der Waals surface area contributed by atoms with Crippen molar-refractivity contribution in [2.24, 2.45) is 0 Å². The summed E-state index contributed by atoms with van der Waals surface area (Å²) in [6.45, 7) is 0. The molecule has 0 fully saturated rings. The van der Waals surface area contributed by atoms with Gasteiger partial charge in [-0.2, -0.15) is 0 Å². The van der Waals surface area contributed by atoms with Crippen molar-refractivity contribution in [3.63, 3.8) is 0 Å². The van der Waals surface area contributed by atoms with Gasteiger partial charge in [0.1, 0.15) is 0 Å². The second kappa shape index (κ2) is 26.6. The Bertz CT molecular complexity index is 6760. The fourth-order valence-corrected chi connectivity index (χ4v) is 19.7. The third-order valence-corrected chi connectivity index (χ3v) is 24.5. The second-order valence-corrected chi connectivity index (χ2v) is 30.4. The molecule has 0 aliphatic heterocycles. The molecule has 20 aromatic rings. The molecule has 6 nitrogen and oxygen atoms in total. The van der Waals surface area contributed by atoms with Crippen LogP contribution in [0.5, 0.6) is 0 Å². The van der Waals surface area contributed by atoms with Crippen LogP contribution in [0.1, 0.15) is 44.5 Å². The van der Waals surface area contributed by atoms with Crippen molar-refractivity contribution in [3.8, 4) is 102 Å². The van der Waals surface area contributed by atoms with Crippen LogP contribution in [0.25, 0.3) is 153 Å². The monoisotopic (exact) mass is 1440 g/mol. The van der Waals surface area contributed by atoms with Gasteiger partial charge in [-0.25, -0.2) is 29.9 Å². The zero-order valence-electron chi connectivity index (χ0n) is 59.5. The summed E-state index contributed by atoms with van der Waals surface area (Å²) in [5.74, 6) is 3.93. The molecule has 0 bridgehead atoms. The summed E-state index contributed by atoms with van der Waals surface area (Å²) in [5, 5.41) is 7.12. The third kappa shape index (κ3) is 10.5. The molecule has 0 amide bonds. The van der Waals surface area contributed by atoms with Crippen LogP contribution in [-0.4, -0.2) is 29.9 Å². The standard InChI is InChI=1S/C56H35N3S.C46H29N3S/c1-4-17-36(18-5-1)53-57-54(37-19-6-2-7-20-37)59-55(58-53)46-34-39(33-38-21-10-11-24-42(38)46)43-27-16-30-51-52(43)47-35-41(31-32-50(47)60-51)56(40-22-8-3-9-23-40)48-28-14-12-25-44(48)45-26-13-15-29-49(45)56;1-4-15-30(16-5-1)43-47-44(31-17-6-2-7-18-31)49-45(48-43)36-23-14-26-41-42(36)37-29-33(27-28-40(37)50-41)46(32-19-8-3-9-20-32)38-24-12-10-21-34(38)35-22-11-13-25-39(35)46/h1-35H;1-29H. The lowest BCUT2D eigenvalue weighted by atomic mass is 9.67. The molecule has 16 aromatic carbocycles. The fourth-order valence-electron chi connectivity index (χ4n) is 17.5. The van der Waals surface area contributed by atoms with E-state index in [9.17, 15) is 0 Å². The van der Waals surface area contributed by atoms with Gasteiger partial charge in [-0.15, -0.1) is 22.7 Å². The lowest BCUT2D eigenvalue weighted by molar-refractivity contribution is 0.770. The van der Waals surface area contributed by atoms with E-state index in [0.717, 1.165) is 49.7 Å². The van der Waals surface area contributed by atoms with Crippen LogP contribution in [0.4, 0.5) is 0 Å². The van der Waals surface area contributed by atoms with Crippen molar-refractivity contribution in [1.82, 2.24) is 29.9 Å². The van der Waals surface area contributed by atoms with Crippen molar-refractivity contribution >= 4 is 73.8 Å². The molecular formula is C102H64N6S2. The number of aromatic nitrogens is 6. The van der Waals surface area contributed by atoms with Gasteiger partial charge in [0.05, 0.1) is 10.8 Å². The zero-order valence-corrected chi connectivity index (χ0v) is 61.1. The normalized spacial score (nSPS) is 12.9. The number of nitrogens with zero attached hydrogens (tertiary/aromatic N) is 6. The van der Waals surface area contributed by atoms with Gasteiger partial charge in [0, 0.05) is 73.7 Å². The summed E-state index contributed by atoms with van der Waals surface area (Å²) in [5.41, 5.74) is 22.6. The Morgan fingerprint density at radius 1 is 0.182 bits per heavy atom. The molecule has 514 valence electrons. The first-order chi connectivity index (χ1) is 54.5. The minimum atomic E-state index is -0.479. The molecule has 22 rings (SSSR count). The van der Waals surface area contributed by atoms with Crippen LogP contribution < -0.4 is 0 Å². The predicted molar refractivity (Wildman–Crippen MR) is 456 cm³/mol. The van der Waals surface area contributed by atoms with Crippen LogP contribution in [-0.2, 0) is 10.8 Å². The first-order valence-corrected chi connectivity index (χ1v) is 38.9. The van der Waals surface area contributed by atoms with E-state index in [2.05, 4.69) is 315 Å². The van der Waals surface area contributed by atoms with Gasteiger partial charge in [0.2, 0.25) is 0 Å². The number of hydrogen-bond acceptors (Lipinski definition) is 8. The molecule has 0 saturated carbocycles. The van der Waals surface area contributed by atoms with Gasteiger partial charge >= 0.3 is 0 Å². The van der Waals surface area contributed by atoms with Crippen molar-refractivity contribution in [1.29, 1.82) is 0 Å². The molecule has 0 spiro atoms. The average molecular weight is 1440 g/mol. The Labute approximate surface area is 644 Å². The molecule has 2 aliphatic carbocycles. The van der Waals surface area contributed by atoms with E-state index >= 15 is 0 Å². The van der Waals surface area contributed by atoms with Crippen LogP contribution in [0, 0.1) is 0 Å². The first kappa shape index (κ1) is 64.6. The van der Waals surface area contributed by atoms with Crippen molar-refractivity contribution < 1.29 is 0 Å². The SMILES string of the molecule is c1ccc(-c2nc(-c3ccccc3)nc(-c3cc(-c4cccc5sc6ccc(C7(c8ccccc8)c8ccccc8-c8ccccc87)cc6c45)cc4ccccc34)n2)cc1.c1ccc(-c2nc(-c3ccccc3)nc(-c3cccc4sc5ccc(C6(c7ccccc7)c7ccccc7-c7ccccc76)cc5c34)n2)cc1. The number of thiophene rings is 2. The van der Waals surface area contributed by atoms with Gasteiger partial charge in [-0.05, 0) is 137 Å². The number of fused-ring (bicyclic) bond motifs is 13. The van der Waals surface area contributed by atoms with Crippen LogP contribution in [0.2, 0.25) is 0 Å². The molecule has 0 saturated heterocycles. The Morgan fingerprint density at radius 3 is 0.909 bits per heavy atom. The number of hydrogen-bond donors (Lipinski definition) is 0. The lowest BCUT2D eigenvalue weighted by Crippen LogP contribution is -2.28. The van der Waals surface area contributed by atoms with E-state index in [1.165, 1.54) is 113 Å². The van der Waals surface area contributed by atoms with E-state index < -0.39 is 10.8 Å². The summed E-state index contributed by atoms with van der Waals surface area (Å²) in [7, 11) is 0. The predicted octanol–water partition coefficient (Wildman–Crippen LogP) is 26.0. The zero-order chi connectivity index (χ0) is 72.7. The van der Waals surface area contributed by atoms with Crippen molar-refractivity contribution in [2.45, 2.75) is 10.8 Å². The lowest BCUT2D eigenvalue weighted by Gasteiger charge is -2.34. The summed E-state index contributed by atoms with van der Waals surface area (Å²) in [6, 6.07) is 139. The largest absolute Gasteiger partial charge is 0.208 e. The molecule has 4 heterocycles. The molecular weight excluding hydrogens is 1370 g/mol. The van der Waals surface area contributed by atoms with Crippen molar-refractivity contribution in [2.75, 3.05) is 0 Å². The number of rotatable bonds is 11. The smallest absolute Gasteiger partial charge is 0.164 e. The highest BCUT2D eigenvalue weighted by molar-refractivity contribution is 7.26. The van der Waals surface area contributed by atoms with E-state index in [0.29, 0.717) is 34.9 Å². The average Bonchev–Trinajstić information content (AvgIpc) is 1.51. The molecule has 110 heavy (non-hydrogen) atoms. The Kier molecular flexibility index (Phi) is 15.6. The molecule has 2 aliphatic rings. The van der Waals surface area contributed by atoms with Gasteiger partial charge in [-0.1, -0.05) is 340 Å². The minimum Gasteiger partial charge on any atom is -0.208 e. The maximum Gasteiger partial charge on any atom is 0.164 e. The van der Waals surface area contributed by atoms with Gasteiger partial charge in [0.15, 0.2) is 34.9 Å². The summed E-state index contributed by atoms with van der Waals surface area (Å²) >= 11 is 3.68. The molecule has 8 heteroatoms. The Morgan fingerprint density at radius 2 is 0.500 bits per heavy atom. The Balaban J connectivity index is 0.000000142.